The van der Waals surface area contributed by atoms with E-state index in [1.165, 1.54) is 22.3 Å². The van der Waals surface area contributed by atoms with Gasteiger partial charge in [0.15, 0.2) is 0 Å². The molecule has 0 atom stereocenters. The third-order valence-electron chi connectivity index (χ3n) is 6.01. The first kappa shape index (κ1) is 24.3. The zero-order valence-electron chi connectivity index (χ0n) is 19.7. The molecule has 0 aliphatic carbocycles. The van der Waals surface area contributed by atoms with Crippen LogP contribution in [0.4, 0.5) is 0 Å². The van der Waals surface area contributed by atoms with Crippen molar-refractivity contribution in [3.63, 3.8) is 0 Å². The maximum Gasteiger partial charge on any atom is 0.124 e. The summed E-state index contributed by atoms with van der Waals surface area (Å²) >= 11 is 0. The first-order chi connectivity index (χ1) is 14.5. The number of unbranched alkanes of at least 4 members (excludes halogenated alkanes) is 4. The van der Waals surface area contributed by atoms with Crippen LogP contribution < -0.4 is 0 Å². The number of hydrogen-bond acceptors (Lipinski definition) is 2. The van der Waals surface area contributed by atoms with Crippen molar-refractivity contribution in [2.45, 2.75) is 105 Å². The fourth-order valence-corrected chi connectivity index (χ4v) is 4.26. The fraction of sp³-hybridized carbons (Fsp3) is 0.571. The minimum absolute atomic E-state index is 0.323. The summed E-state index contributed by atoms with van der Waals surface area (Å²) in [4.78, 5) is 0. The van der Waals surface area contributed by atoms with Gasteiger partial charge in [-0.05, 0) is 85.8 Å². The molecule has 2 heteroatoms. The van der Waals surface area contributed by atoms with E-state index in [1.807, 2.05) is 12.1 Å². The maximum absolute atomic E-state index is 11.1. The Bertz CT molecular complexity index is 724. The first-order valence-electron chi connectivity index (χ1n) is 12.2. The van der Waals surface area contributed by atoms with E-state index < -0.39 is 0 Å². The van der Waals surface area contributed by atoms with Gasteiger partial charge in [0.1, 0.15) is 11.5 Å². The van der Waals surface area contributed by atoms with Crippen LogP contribution in [0, 0.1) is 0 Å². The minimum atomic E-state index is 0.323. The van der Waals surface area contributed by atoms with Gasteiger partial charge >= 0.3 is 0 Å². The second kappa shape index (κ2) is 12.7. The average molecular weight is 411 g/mol. The van der Waals surface area contributed by atoms with Crippen molar-refractivity contribution in [1.29, 1.82) is 0 Å². The van der Waals surface area contributed by atoms with Gasteiger partial charge in [-0.15, -0.1) is 0 Å². The van der Waals surface area contributed by atoms with E-state index in [0.29, 0.717) is 11.5 Å². The second-order valence-corrected chi connectivity index (χ2v) is 8.71. The molecule has 2 nitrogen and oxygen atoms in total. The van der Waals surface area contributed by atoms with Crippen molar-refractivity contribution >= 4 is 0 Å². The Morgan fingerprint density at radius 1 is 0.500 bits per heavy atom. The van der Waals surface area contributed by atoms with Crippen molar-refractivity contribution in [3.05, 3.63) is 46.5 Å². The molecule has 0 saturated heterocycles. The fourth-order valence-electron chi connectivity index (χ4n) is 4.26. The number of aromatic hydroxyl groups is 2. The van der Waals surface area contributed by atoms with Crippen molar-refractivity contribution in [3.8, 4) is 22.6 Å². The monoisotopic (exact) mass is 410 g/mol. The summed E-state index contributed by atoms with van der Waals surface area (Å²) in [7, 11) is 0. The van der Waals surface area contributed by atoms with E-state index in [-0.39, 0.29) is 0 Å². The zero-order valence-corrected chi connectivity index (χ0v) is 19.7. The van der Waals surface area contributed by atoms with E-state index in [2.05, 4.69) is 39.8 Å². The van der Waals surface area contributed by atoms with Crippen LogP contribution in [0.15, 0.2) is 24.3 Å². The molecule has 0 spiro atoms. The van der Waals surface area contributed by atoms with Crippen molar-refractivity contribution in [2.24, 2.45) is 0 Å². The molecule has 0 aliphatic heterocycles. The van der Waals surface area contributed by atoms with Gasteiger partial charge in [0.25, 0.3) is 0 Å². The highest BCUT2D eigenvalue weighted by Gasteiger charge is 2.20. The third kappa shape index (κ3) is 6.52. The molecule has 0 heterocycles. The van der Waals surface area contributed by atoms with Crippen LogP contribution in [0.2, 0.25) is 0 Å². The lowest BCUT2D eigenvalue weighted by atomic mass is 9.86. The highest BCUT2D eigenvalue weighted by atomic mass is 16.3. The minimum Gasteiger partial charge on any atom is -0.507 e. The standard InChI is InChI=1S/C28H42O2/c1-5-9-13-21-17-23(15-11-7-3)27(25(29)19-21)28-24(16-12-8-4)18-22(14-10-6-2)20-26(28)30/h17-20,29-30H,5-16H2,1-4H3. The molecule has 0 fully saturated rings. The van der Waals surface area contributed by atoms with Crippen LogP contribution in [0.1, 0.15) is 101 Å². The Kier molecular flexibility index (Phi) is 10.3. The Morgan fingerprint density at radius 2 is 0.833 bits per heavy atom. The summed E-state index contributed by atoms with van der Waals surface area (Å²) < 4.78 is 0. The lowest BCUT2D eigenvalue weighted by Gasteiger charge is -2.20. The Morgan fingerprint density at radius 3 is 1.17 bits per heavy atom. The summed E-state index contributed by atoms with van der Waals surface area (Å²) in [5, 5.41) is 22.2. The van der Waals surface area contributed by atoms with Gasteiger partial charge in [0, 0.05) is 11.1 Å². The van der Waals surface area contributed by atoms with E-state index in [0.717, 1.165) is 88.2 Å². The molecule has 0 saturated carbocycles. The van der Waals surface area contributed by atoms with E-state index in [4.69, 9.17) is 0 Å². The summed E-state index contributed by atoms with van der Waals surface area (Å²) in [5.74, 6) is 0.646. The van der Waals surface area contributed by atoms with E-state index in [9.17, 15) is 10.2 Å². The number of hydrogen-bond donors (Lipinski definition) is 2. The SMILES string of the molecule is CCCCc1cc(O)c(-c2c(O)cc(CCCC)cc2CCCC)c(CCCC)c1. The highest BCUT2D eigenvalue weighted by molar-refractivity contribution is 5.82. The van der Waals surface area contributed by atoms with E-state index >= 15 is 0 Å². The molecule has 0 aliphatic rings. The number of phenols is 2. The molecular weight excluding hydrogens is 368 g/mol. The lowest BCUT2D eigenvalue weighted by molar-refractivity contribution is 0.466. The maximum atomic E-state index is 11.1. The zero-order chi connectivity index (χ0) is 21.9. The van der Waals surface area contributed by atoms with Gasteiger partial charge < -0.3 is 10.2 Å². The number of phenolic OH excluding ortho intramolecular Hbond substituents is 2. The molecule has 0 radical (unpaired) electrons. The molecule has 2 aromatic carbocycles. The lowest BCUT2D eigenvalue weighted by Crippen LogP contribution is -2.00. The normalized spacial score (nSPS) is 11.2. The van der Waals surface area contributed by atoms with Crippen molar-refractivity contribution in [1.82, 2.24) is 0 Å². The van der Waals surface area contributed by atoms with Crippen LogP contribution >= 0.6 is 0 Å². The number of benzene rings is 2. The summed E-state index contributed by atoms with van der Waals surface area (Å²) in [6.45, 7) is 8.80. The quantitative estimate of drug-likeness (QED) is 0.350. The molecule has 0 amide bonds. The van der Waals surface area contributed by atoms with Crippen LogP contribution in [0.3, 0.4) is 0 Å². The summed E-state index contributed by atoms with van der Waals surface area (Å²) in [5.41, 5.74) is 6.48. The van der Waals surface area contributed by atoms with Crippen molar-refractivity contribution < 1.29 is 10.2 Å². The molecule has 166 valence electrons. The van der Waals surface area contributed by atoms with Gasteiger partial charge in [-0.25, -0.2) is 0 Å². The highest BCUT2D eigenvalue weighted by Crippen LogP contribution is 2.43. The van der Waals surface area contributed by atoms with Gasteiger partial charge in [0.05, 0.1) is 0 Å². The Balaban J connectivity index is 2.61. The average Bonchev–Trinajstić information content (AvgIpc) is 2.73. The van der Waals surface area contributed by atoms with Gasteiger partial charge in [-0.1, -0.05) is 65.5 Å². The van der Waals surface area contributed by atoms with Gasteiger partial charge in [-0.2, -0.15) is 0 Å². The van der Waals surface area contributed by atoms with Crippen LogP contribution in [-0.4, -0.2) is 10.2 Å². The molecule has 0 aromatic heterocycles. The predicted octanol–water partition coefficient (Wildman–Crippen LogP) is 8.14. The smallest absolute Gasteiger partial charge is 0.124 e. The second-order valence-electron chi connectivity index (χ2n) is 8.71. The number of aryl methyl sites for hydroxylation is 4. The Hall–Kier alpha value is -1.96. The van der Waals surface area contributed by atoms with Crippen LogP contribution in [0.25, 0.3) is 11.1 Å². The van der Waals surface area contributed by atoms with Crippen LogP contribution in [0.5, 0.6) is 11.5 Å². The molecule has 0 bridgehead atoms. The third-order valence-corrected chi connectivity index (χ3v) is 6.01. The molecule has 30 heavy (non-hydrogen) atoms. The van der Waals surface area contributed by atoms with Gasteiger partial charge in [-0.3, -0.25) is 0 Å². The predicted molar refractivity (Wildman–Crippen MR) is 130 cm³/mol. The molecule has 2 rings (SSSR count). The van der Waals surface area contributed by atoms with Crippen LogP contribution in [-0.2, 0) is 25.7 Å². The van der Waals surface area contributed by atoms with Crippen molar-refractivity contribution in [2.75, 3.05) is 0 Å². The Labute approximate surface area is 184 Å². The van der Waals surface area contributed by atoms with Gasteiger partial charge in [0.2, 0.25) is 0 Å². The number of rotatable bonds is 13. The topological polar surface area (TPSA) is 40.5 Å². The largest absolute Gasteiger partial charge is 0.507 e. The molecule has 0 unspecified atom stereocenters. The first-order valence-corrected chi connectivity index (χ1v) is 12.2. The molecule has 2 N–H and O–H groups in total. The molecular formula is C28H42O2. The molecule has 2 aromatic rings. The summed E-state index contributed by atoms with van der Waals surface area (Å²) in [6.07, 6.45) is 12.8. The van der Waals surface area contributed by atoms with E-state index in [1.54, 1.807) is 0 Å². The summed E-state index contributed by atoms with van der Waals surface area (Å²) in [6, 6.07) is 8.39.